The molecule has 94 valence electrons. The number of carbonyl (C=O) groups is 1. The predicted molar refractivity (Wildman–Crippen MR) is 64.1 cm³/mol. The third-order valence-corrected chi connectivity index (χ3v) is 2.29. The Morgan fingerprint density at radius 2 is 2.33 bits per heavy atom. The smallest absolute Gasteiger partial charge is 0.358 e. The first-order valence-electron chi connectivity index (χ1n) is 5.41. The molecule has 0 fully saturated rings. The van der Waals surface area contributed by atoms with E-state index in [0.29, 0.717) is 12.4 Å². The first kappa shape index (κ1) is 12.0. The maximum atomic E-state index is 11.1. The fourth-order valence-corrected chi connectivity index (χ4v) is 1.37. The lowest BCUT2D eigenvalue weighted by Gasteiger charge is -2.05. The molecule has 0 bridgehead atoms. The number of rotatable bonds is 5. The van der Waals surface area contributed by atoms with Crippen LogP contribution in [0, 0.1) is 0 Å². The van der Waals surface area contributed by atoms with Crippen LogP contribution in [0.25, 0.3) is 0 Å². The number of carbonyl (C=O) groups excluding carboxylic acids is 1. The van der Waals surface area contributed by atoms with Crippen LogP contribution in [0.15, 0.2) is 30.9 Å². The topological polar surface area (TPSA) is 81.9 Å². The average Bonchev–Trinajstić information content (AvgIpc) is 2.92. The number of hydrogen-bond donors (Lipinski definition) is 1. The molecule has 0 radical (unpaired) electrons. The van der Waals surface area contributed by atoms with Gasteiger partial charge in [-0.05, 0) is 12.1 Å². The summed E-state index contributed by atoms with van der Waals surface area (Å²) < 4.78 is 6.48. The van der Waals surface area contributed by atoms with Gasteiger partial charge in [0, 0.05) is 25.5 Å². The minimum Gasteiger partial charge on any atom is -0.464 e. The molecule has 0 aliphatic heterocycles. The fraction of sp³-hybridized carbons (Fsp3) is 0.273. The second-order valence-electron chi connectivity index (χ2n) is 3.52. The maximum absolute atomic E-state index is 11.1. The number of imidazole rings is 1. The van der Waals surface area contributed by atoms with Gasteiger partial charge in [0.15, 0.2) is 5.69 Å². The van der Waals surface area contributed by atoms with Gasteiger partial charge in [-0.2, -0.15) is 0 Å². The van der Waals surface area contributed by atoms with E-state index in [0.717, 1.165) is 6.54 Å². The molecule has 0 saturated heterocycles. The molecule has 1 N–H and O–H groups in total. The second kappa shape index (κ2) is 5.76. The largest absolute Gasteiger partial charge is 0.464 e. The van der Waals surface area contributed by atoms with E-state index in [4.69, 9.17) is 0 Å². The molecule has 2 aromatic rings. The summed E-state index contributed by atoms with van der Waals surface area (Å²) in [5.41, 5.74) is 0.192. The monoisotopic (exact) mass is 247 g/mol. The summed E-state index contributed by atoms with van der Waals surface area (Å²) in [6, 6.07) is 3.26. The lowest BCUT2D eigenvalue weighted by atomic mass is 10.4. The minimum absolute atomic E-state index is 0.192. The minimum atomic E-state index is -0.493. The van der Waals surface area contributed by atoms with Crippen LogP contribution in [0.5, 0.6) is 0 Å². The quantitative estimate of drug-likeness (QED) is 0.778. The SMILES string of the molecule is COC(=O)c1ccc(NCCn2ccnc2)nn1. The molecule has 18 heavy (non-hydrogen) atoms. The van der Waals surface area contributed by atoms with Crippen molar-refractivity contribution in [3.05, 3.63) is 36.5 Å². The van der Waals surface area contributed by atoms with Crippen molar-refractivity contribution in [2.45, 2.75) is 6.54 Å². The third-order valence-electron chi connectivity index (χ3n) is 2.29. The highest BCUT2D eigenvalue weighted by atomic mass is 16.5. The first-order chi connectivity index (χ1) is 8.79. The summed E-state index contributed by atoms with van der Waals surface area (Å²) in [6.07, 6.45) is 5.35. The van der Waals surface area contributed by atoms with Gasteiger partial charge in [0.05, 0.1) is 13.4 Å². The Labute approximate surface area is 104 Å². The lowest BCUT2D eigenvalue weighted by Crippen LogP contribution is -2.12. The normalized spacial score (nSPS) is 10.1. The van der Waals surface area contributed by atoms with Crippen molar-refractivity contribution >= 4 is 11.8 Å². The maximum Gasteiger partial charge on any atom is 0.358 e. The van der Waals surface area contributed by atoms with Crippen LogP contribution in [-0.2, 0) is 11.3 Å². The summed E-state index contributed by atoms with van der Waals surface area (Å²) in [5, 5.41) is 10.7. The predicted octanol–water partition coefficient (Wildman–Crippen LogP) is 0.572. The molecule has 0 amide bonds. The number of hydrogen-bond acceptors (Lipinski definition) is 6. The highest BCUT2D eigenvalue weighted by Gasteiger charge is 2.06. The van der Waals surface area contributed by atoms with Crippen LogP contribution in [0.1, 0.15) is 10.5 Å². The van der Waals surface area contributed by atoms with Crippen LogP contribution in [0.4, 0.5) is 5.82 Å². The molecule has 2 rings (SSSR count). The van der Waals surface area contributed by atoms with E-state index in [2.05, 4.69) is 25.2 Å². The molecule has 0 unspecified atom stereocenters. The Hall–Kier alpha value is -2.44. The number of nitrogens with zero attached hydrogens (tertiary/aromatic N) is 4. The fourth-order valence-electron chi connectivity index (χ4n) is 1.37. The lowest BCUT2D eigenvalue weighted by molar-refractivity contribution is 0.0593. The number of aromatic nitrogens is 4. The molecule has 0 aliphatic carbocycles. The second-order valence-corrected chi connectivity index (χ2v) is 3.52. The van der Waals surface area contributed by atoms with Gasteiger partial charge in [-0.25, -0.2) is 9.78 Å². The van der Waals surface area contributed by atoms with Crippen molar-refractivity contribution in [3.8, 4) is 0 Å². The summed E-state index contributed by atoms with van der Waals surface area (Å²) in [4.78, 5) is 15.1. The van der Waals surface area contributed by atoms with E-state index in [1.807, 2.05) is 10.8 Å². The van der Waals surface area contributed by atoms with E-state index < -0.39 is 5.97 Å². The van der Waals surface area contributed by atoms with Gasteiger partial charge < -0.3 is 14.6 Å². The molecule has 7 heteroatoms. The zero-order chi connectivity index (χ0) is 12.8. The van der Waals surface area contributed by atoms with E-state index in [9.17, 15) is 4.79 Å². The number of anilines is 1. The first-order valence-corrected chi connectivity index (χ1v) is 5.41. The van der Waals surface area contributed by atoms with Gasteiger partial charge >= 0.3 is 5.97 Å². The molecule has 0 spiro atoms. The van der Waals surface area contributed by atoms with Crippen LogP contribution >= 0.6 is 0 Å². The Bertz CT molecular complexity index is 495. The van der Waals surface area contributed by atoms with Crippen molar-refractivity contribution in [3.63, 3.8) is 0 Å². The molecular formula is C11H13N5O2. The van der Waals surface area contributed by atoms with Crippen molar-refractivity contribution in [2.24, 2.45) is 0 Å². The number of ether oxygens (including phenoxy) is 1. The summed E-state index contributed by atoms with van der Waals surface area (Å²) in [6.45, 7) is 1.48. The summed E-state index contributed by atoms with van der Waals surface area (Å²) in [5.74, 6) is 0.121. The number of nitrogens with one attached hydrogen (secondary N) is 1. The van der Waals surface area contributed by atoms with Gasteiger partial charge in [-0.1, -0.05) is 0 Å². The van der Waals surface area contributed by atoms with Gasteiger partial charge in [0.2, 0.25) is 0 Å². The molecule has 0 aromatic carbocycles. The van der Waals surface area contributed by atoms with E-state index in [1.165, 1.54) is 7.11 Å². The van der Waals surface area contributed by atoms with Gasteiger partial charge in [-0.15, -0.1) is 10.2 Å². The molecule has 2 heterocycles. The van der Waals surface area contributed by atoms with Crippen molar-refractivity contribution < 1.29 is 9.53 Å². The summed E-state index contributed by atoms with van der Waals surface area (Å²) >= 11 is 0. The van der Waals surface area contributed by atoms with Crippen LogP contribution in [0.3, 0.4) is 0 Å². The zero-order valence-electron chi connectivity index (χ0n) is 9.91. The summed E-state index contributed by atoms with van der Waals surface area (Å²) in [7, 11) is 1.31. The van der Waals surface area contributed by atoms with Crippen LogP contribution < -0.4 is 5.32 Å². The van der Waals surface area contributed by atoms with Gasteiger partial charge in [0.25, 0.3) is 0 Å². The highest BCUT2D eigenvalue weighted by molar-refractivity contribution is 5.86. The van der Waals surface area contributed by atoms with E-state index in [1.54, 1.807) is 24.7 Å². The Morgan fingerprint density at radius 1 is 1.44 bits per heavy atom. The molecule has 0 aliphatic rings. The van der Waals surface area contributed by atoms with Crippen molar-refractivity contribution in [1.29, 1.82) is 0 Å². The van der Waals surface area contributed by atoms with E-state index >= 15 is 0 Å². The number of methoxy groups -OCH3 is 1. The Morgan fingerprint density at radius 3 is 2.94 bits per heavy atom. The van der Waals surface area contributed by atoms with Crippen LogP contribution in [0.2, 0.25) is 0 Å². The Kier molecular flexibility index (Phi) is 3.85. The third kappa shape index (κ3) is 3.03. The van der Waals surface area contributed by atoms with Gasteiger partial charge in [0.1, 0.15) is 5.82 Å². The van der Waals surface area contributed by atoms with Crippen molar-refractivity contribution in [1.82, 2.24) is 19.7 Å². The standard InChI is InChI=1S/C11H13N5O2/c1-18-11(17)9-2-3-10(15-14-9)13-5-7-16-6-4-12-8-16/h2-4,6,8H,5,7H2,1H3,(H,13,15). The highest BCUT2D eigenvalue weighted by Crippen LogP contribution is 2.02. The Balaban J connectivity index is 1.85. The molecule has 2 aromatic heterocycles. The molecular weight excluding hydrogens is 234 g/mol. The number of esters is 1. The molecule has 0 atom stereocenters. The van der Waals surface area contributed by atoms with Crippen molar-refractivity contribution in [2.75, 3.05) is 19.0 Å². The molecule has 0 saturated carbocycles. The van der Waals surface area contributed by atoms with Crippen LogP contribution in [-0.4, -0.2) is 39.4 Å². The van der Waals surface area contributed by atoms with Gasteiger partial charge in [-0.3, -0.25) is 0 Å². The van der Waals surface area contributed by atoms with E-state index in [-0.39, 0.29) is 5.69 Å². The molecule has 7 nitrogen and oxygen atoms in total. The average molecular weight is 247 g/mol. The zero-order valence-corrected chi connectivity index (χ0v) is 9.91.